The molecule has 19 heavy (non-hydrogen) atoms. The van der Waals surface area contributed by atoms with E-state index >= 15 is 0 Å². The van der Waals surface area contributed by atoms with Gasteiger partial charge in [-0.3, -0.25) is 0 Å². The molecule has 0 bridgehead atoms. The van der Waals surface area contributed by atoms with Crippen LogP contribution in [0.5, 0.6) is 0 Å². The molecule has 0 aliphatic heterocycles. The van der Waals surface area contributed by atoms with Gasteiger partial charge in [-0.2, -0.15) is 0 Å². The van der Waals surface area contributed by atoms with Gasteiger partial charge in [0.25, 0.3) is 0 Å². The number of hydrogen-bond donors (Lipinski definition) is 1. The lowest BCUT2D eigenvalue weighted by Gasteiger charge is -2.26. The third-order valence-corrected chi connectivity index (χ3v) is 3.59. The van der Waals surface area contributed by atoms with Crippen LogP contribution in [0.1, 0.15) is 45.6 Å². The van der Waals surface area contributed by atoms with E-state index in [2.05, 4.69) is 41.0 Å². The van der Waals surface area contributed by atoms with E-state index in [1.165, 1.54) is 18.4 Å². The zero-order valence-corrected chi connectivity index (χ0v) is 12.4. The Hall–Kier alpha value is -1.32. The minimum Gasteiger partial charge on any atom is -0.370 e. The molecular formula is C15H26N4. The van der Waals surface area contributed by atoms with E-state index in [4.69, 9.17) is 0 Å². The van der Waals surface area contributed by atoms with E-state index in [9.17, 15) is 0 Å². The first-order valence-electron chi connectivity index (χ1n) is 7.62. The van der Waals surface area contributed by atoms with Gasteiger partial charge in [-0.1, -0.05) is 13.8 Å². The Labute approximate surface area is 116 Å². The first-order valence-corrected chi connectivity index (χ1v) is 7.62. The van der Waals surface area contributed by atoms with Crippen molar-refractivity contribution in [1.82, 2.24) is 9.97 Å². The van der Waals surface area contributed by atoms with E-state index < -0.39 is 0 Å². The van der Waals surface area contributed by atoms with Gasteiger partial charge in [0.2, 0.25) is 0 Å². The van der Waals surface area contributed by atoms with Crippen molar-refractivity contribution in [2.45, 2.75) is 46.5 Å². The summed E-state index contributed by atoms with van der Waals surface area (Å²) in [6.07, 6.45) is 6.60. The lowest BCUT2D eigenvalue weighted by atomic mass is 10.2. The van der Waals surface area contributed by atoms with Crippen LogP contribution < -0.4 is 10.2 Å². The van der Waals surface area contributed by atoms with Crippen molar-refractivity contribution in [2.24, 2.45) is 5.92 Å². The van der Waals surface area contributed by atoms with Crippen LogP contribution in [0.4, 0.5) is 11.6 Å². The highest BCUT2D eigenvalue weighted by atomic mass is 15.2. The minimum absolute atomic E-state index is 0.883. The Kier molecular flexibility index (Phi) is 5.00. The molecule has 1 N–H and O–H groups in total. The van der Waals surface area contributed by atoms with Gasteiger partial charge in [-0.25, -0.2) is 9.97 Å². The van der Waals surface area contributed by atoms with Crippen LogP contribution in [-0.4, -0.2) is 29.6 Å². The third-order valence-electron chi connectivity index (χ3n) is 3.59. The number of aromatic nitrogens is 2. The predicted octanol–water partition coefficient (Wildman–Crippen LogP) is 3.10. The predicted molar refractivity (Wildman–Crippen MR) is 80.8 cm³/mol. The molecule has 1 aromatic rings. The van der Waals surface area contributed by atoms with Crippen molar-refractivity contribution in [2.75, 3.05) is 29.9 Å². The molecule has 0 atom stereocenters. The van der Waals surface area contributed by atoms with Crippen LogP contribution in [0, 0.1) is 5.92 Å². The van der Waals surface area contributed by atoms with Crippen molar-refractivity contribution in [3.63, 3.8) is 0 Å². The minimum atomic E-state index is 0.883. The average Bonchev–Trinajstić information content (AvgIpc) is 3.22. The van der Waals surface area contributed by atoms with Gasteiger partial charge in [0.05, 0.1) is 0 Å². The fourth-order valence-corrected chi connectivity index (χ4v) is 2.49. The largest absolute Gasteiger partial charge is 0.370 e. The van der Waals surface area contributed by atoms with Crippen LogP contribution in [0.15, 0.2) is 6.33 Å². The second kappa shape index (κ2) is 6.73. The van der Waals surface area contributed by atoms with E-state index in [0.29, 0.717) is 0 Å². The smallest absolute Gasteiger partial charge is 0.137 e. The molecule has 0 radical (unpaired) electrons. The summed E-state index contributed by atoms with van der Waals surface area (Å²) in [4.78, 5) is 11.4. The van der Waals surface area contributed by atoms with Gasteiger partial charge in [0.15, 0.2) is 0 Å². The molecule has 0 amide bonds. The van der Waals surface area contributed by atoms with Gasteiger partial charge in [0.1, 0.15) is 18.0 Å². The van der Waals surface area contributed by atoms with Gasteiger partial charge in [-0.15, -0.1) is 0 Å². The Morgan fingerprint density at radius 3 is 2.63 bits per heavy atom. The molecule has 0 spiro atoms. The lowest BCUT2D eigenvalue weighted by Crippen LogP contribution is -2.29. The van der Waals surface area contributed by atoms with Gasteiger partial charge < -0.3 is 10.2 Å². The van der Waals surface area contributed by atoms with Crippen molar-refractivity contribution >= 4 is 11.6 Å². The number of nitrogens with zero attached hydrogens (tertiary/aromatic N) is 3. The van der Waals surface area contributed by atoms with Gasteiger partial charge in [0, 0.05) is 25.2 Å². The van der Waals surface area contributed by atoms with E-state index in [0.717, 1.165) is 50.0 Å². The molecular weight excluding hydrogens is 236 g/mol. The topological polar surface area (TPSA) is 41.1 Å². The summed E-state index contributed by atoms with van der Waals surface area (Å²) in [6.45, 7) is 9.67. The molecule has 1 aromatic heterocycles. The number of nitrogens with one attached hydrogen (secondary N) is 1. The quantitative estimate of drug-likeness (QED) is 0.781. The second-order valence-corrected chi connectivity index (χ2v) is 5.30. The molecule has 106 valence electrons. The molecule has 1 heterocycles. The zero-order valence-electron chi connectivity index (χ0n) is 12.4. The first kappa shape index (κ1) is 14.1. The van der Waals surface area contributed by atoms with Crippen molar-refractivity contribution in [3.05, 3.63) is 11.9 Å². The van der Waals surface area contributed by atoms with Crippen LogP contribution >= 0.6 is 0 Å². The number of hydrogen-bond acceptors (Lipinski definition) is 4. The number of anilines is 2. The Morgan fingerprint density at radius 1 is 1.26 bits per heavy atom. The summed E-state index contributed by atoms with van der Waals surface area (Å²) >= 11 is 0. The summed E-state index contributed by atoms with van der Waals surface area (Å²) in [5.41, 5.74) is 1.26. The van der Waals surface area contributed by atoms with Crippen LogP contribution in [0.3, 0.4) is 0 Å². The van der Waals surface area contributed by atoms with Gasteiger partial charge >= 0.3 is 0 Å². The maximum absolute atomic E-state index is 4.57. The number of rotatable bonds is 8. The molecule has 1 saturated carbocycles. The van der Waals surface area contributed by atoms with Crippen molar-refractivity contribution in [3.8, 4) is 0 Å². The molecule has 2 rings (SSSR count). The summed E-state index contributed by atoms with van der Waals surface area (Å²) in [5, 5.41) is 3.36. The molecule has 0 aromatic carbocycles. The monoisotopic (exact) mass is 262 g/mol. The highest BCUT2D eigenvalue weighted by Crippen LogP contribution is 2.33. The van der Waals surface area contributed by atoms with Crippen LogP contribution in [-0.2, 0) is 6.42 Å². The normalized spacial score (nSPS) is 14.5. The lowest BCUT2D eigenvalue weighted by molar-refractivity contribution is 0.693. The summed E-state index contributed by atoms with van der Waals surface area (Å²) in [5.74, 6) is 3.03. The fourth-order valence-electron chi connectivity index (χ4n) is 2.49. The van der Waals surface area contributed by atoms with E-state index in [1.807, 2.05) is 0 Å². The van der Waals surface area contributed by atoms with Gasteiger partial charge in [-0.05, 0) is 38.5 Å². The summed E-state index contributed by atoms with van der Waals surface area (Å²) in [7, 11) is 0. The summed E-state index contributed by atoms with van der Waals surface area (Å²) < 4.78 is 0. The molecule has 1 fully saturated rings. The third kappa shape index (κ3) is 3.58. The second-order valence-electron chi connectivity index (χ2n) is 5.30. The van der Waals surface area contributed by atoms with Crippen molar-refractivity contribution < 1.29 is 0 Å². The highest BCUT2D eigenvalue weighted by Gasteiger charge is 2.26. The van der Waals surface area contributed by atoms with Crippen molar-refractivity contribution in [1.29, 1.82) is 0 Å². The molecule has 4 nitrogen and oxygen atoms in total. The van der Waals surface area contributed by atoms with E-state index in [1.54, 1.807) is 6.33 Å². The molecule has 4 heteroatoms. The van der Waals surface area contributed by atoms with E-state index in [-0.39, 0.29) is 0 Å². The molecule has 0 unspecified atom stereocenters. The maximum atomic E-state index is 4.57. The van der Waals surface area contributed by atoms with Crippen LogP contribution in [0.2, 0.25) is 0 Å². The fraction of sp³-hybridized carbons (Fsp3) is 0.733. The highest BCUT2D eigenvalue weighted by molar-refractivity contribution is 5.58. The first-order chi connectivity index (χ1) is 9.30. The average molecular weight is 262 g/mol. The Bertz CT molecular complexity index is 401. The SMILES string of the molecule is CCCN(CC1CC1)c1ncnc(NCC)c1CC. The zero-order chi connectivity index (χ0) is 13.7. The Morgan fingerprint density at radius 2 is 2.05 bits per heavy atom. The molecule has 1 aliphatic rings. The molecule has 1 aliphatic carbocycles. The maximum Gasteiger partial charge on any atom is 0.137 e. The molecule has 0 saturated heterocycles. The standard InChI is InChI=1S/C15H26N4/c1-4-9-19(10-12-7-8-12)15-13(5-2)14(16-6-3)17-11-18-15/h11-12H,4-10H2,1-3H3,(H,16,17,18). The Balaban J connectivity index is 2.25. The summed E-state index contributed by atoms with van der Waals surface area (Å²) in [6, 6.07) is 0. The van der Waals surface area contributed by atoms with Crippen LogP contribution in [0.25, 0.3) is 0 Å².